The first-order valence-corrected chi connectivity index (χ1v) is 9.55. The van der Waals surface area contributed by atoms with Gasteiger partial charge in [-0.25, -0.2) is 9.59 Å². The van der Waals surface area contributed by atoms with Crippen LogP contribution in [0.1, 0.15) is 27.4 Å². The summed E-state index contributed by atoms with van der Waals surface area (Å²) in [7, 11) is 0. The van der Waals surface area contributed by atoms with Crippen molar-refractivity contribution < 1.29 is 19.4 Å². The Morgan fingerprint density at radius 2 is 1.55 bits per heavy atom. The zero-order valence-corrected chi connectivity index (χ0v) is 16.5. The van der Waals surface area contributed by atoms with Crippen LogP contribution in [0, 0.1) is 0 Å². The molecule has 0 fully saturated rings. The van der Waals surface area contributed by atoms with E-state index in [1.54, 1.807) is 0 Å². The fourth-order valence-corrected chi connectivity index (χ4v) is 4.04. The predicted octanol–water partition coefficient (Wildman–Crippen LogP) is 6.05. The molecule has 1 aliphatic rings. The molecule has 3 aromatic rings. The first-order valence-electron chi connectivity index (χ1n) is 8.80. The molecule has 1 aliphatic carbocycles. The Kier molecular flexibility index (Phi) is 5.18. The second-order valence-corrected chi connectivity index (χ2v) is 7.38. The molecular formula is C22H15Cl2NO4. The van der Waals surface area contributed by atoms with E-state index in [1.807, 2.05) is 48.5 Å². The Balaban J connectivity index is 1.52. The average molecular weight is 428 g/mol. The smallest absolute Gasteiger partial charge is 0.411 e. The van der Waals surface area contributed by atoms with Gasteiger partial charge < -0.3 is 9.84 Å². The number of nitrogens with one attached hydrogen (secondary N) is 1. The van der Waals surface area contributed by atoms with Crippen molar-refractivity contribution in [3.05, 3.63) is 87.4 Å². The number of rotatable bonds is 4. The lowest BCUT2D eigenvalue weighted by atomic mass is 9.98. The lowest BCUT2D eigenvalue weighted by Gasteiger charge is -2.15. The van der Waals surface area contributed by atoms with E-state index in [9.17, 15) is 14.7 Å². The van der Waals surface area contributed by atoms with E-state index in [2.05, 4.69) is 5.32 Å². The molecular weight excluding hydrogens is 413 g/mol. The predicted molar refractivity (Wildman–Crippen MR) is 112 cm³/mol. The summed E-state index contributed by atoms with van der Waals surface area (Å²) in [6, 6.07) is 18.6. The van der Waals surface area contributed by atoms with E-state index in [0.29, 0.717) is 0 Å². The SMILES string of the molecule is O=C(Nc1cc(Cl)cc(C(=O)O)c1Cl)OCC1c2ccccc2-c2ccccc21. The van der Waals surface area contributed by atoms with Crippen LogP contribution in [0.25, 0.3) is 11.1 Å². The number of amides is 1. The van der Waals surface area contributed by atoms with Crippen LogP contribution in [0.5, 0.6) is 0 Å². The number of fused-ring (bicyclic) bond motifs is 3. The summed E-state index contributed by atoms with van der Waals surface area (Å²) in [4.78, 5) is 23.6. The van der Waals surface area contributed by atoms with Crippen molar-refractivity contribution in [2.24, 2.45) is 0 Å². The Labute approximate surface area is 176 Å². The fourth-order valence-electron chi connectivity index (χ4n) is 3.58. The van der Waals surface area contributed by atoms with Crippen LogP contribution in [0.15, 0.2) is 60.7 Å². The highest BCUT2D eigenvalue weighted by Gasteiger charge is 2.29. The second-order valence-electron chi connectivity index (χ2n) is 6.57. The second kappa shape index (κ2) is 7.78. The number of carbonyl (C=O) groups is 2. The number of halogens is 2. The number of aromatic carboxylic acids is 1. The average Bonchev–Trinajstić information content (AvgIpc) is 3.02. The molecule has 0 bridgehead atoms. The topological polar surface area (TPSA) is 75.6 Å². The summed E-state index contributed by atoms with van der Waals surface area (Å²) in [6.45, 7) is 0.129. The van der Waals surface area contributed by atoms with E-state index < -0.39 is 12.1 Å². The monoisotopic (exact) mass is 427 g/mol. The molecule has 29 heavy (non-hydrogen) atoms. The Morgan fingerprint density at radius 3 is 2.14 bits per heavy atom. The van der Waals surface area contributed by atoms with Crippen LogP contribution < -0.4 is 5.32 Å². The van der Waals surface area contributed by atoms with Crippen molar-refractivity contribution in [2.45, 2.75) is 5.92 Å². The number of carboxylic acid groups (broad SMARTS) is 1. The van der Waals surface area contributed by atoms with Gasteiger partial charge in [0.25, 0.3) is 0 Å². The Bertz CT molecular complexity index is 1080. The molecule has 2 N–H and O–H groups in total. The number of anilines is 1. The number of ether oxygens (including phenoxy) is 1. The molecule has 0 atom stereocenters. The lowest BCUT2D eigenvalue weighted by Crippen LogP contribution is -2.18. The molecule has 0 heterocycles. The molecule has 0 spiro atoms. The summed E-state index contributed by atoms with van der Waals surface area (Å²) < 4.78 is 5.44. The minimum absolute atomic E-state index is 0.0776. The van der Waals surface area contributed by atoms with Crippen LogP contribution in [-0.2, 0) is 4.74 Å². The van der Waals surface area contributed by atoms with Gasteiger partial charge >= 0.3 is 12.1 Å². The third kappa shape index (κ3) is 3.67. The molecule has 7 heteroatoms. The quantitative estimate of drug-likeness (QED) is 0.530. The molecule has 0 radical (unpaired) electrons. The maximum atomic E-state index is 12.4. The van der Waals surface area contributed by atoms with Crippen molar-refractivity contribution in [1.82, 2.24) is 0 Å². The fraction of sp³-hybridized carbons (Fsp3) is 0.0909. The number of carbonyl (C=O) groups excluding carboxylic acids is 1. The zero-order chi connectivity index (χ0) is 20.5. The summed E-state index contributed by atoms with van der Waals surface area (Å²) in [5.41, 5.74) is 4.31. The van der Waals surface area contributed by atoms with Gasteiger partial charge in [-0.3, -0.25) is 5.32 Å². The van der Waals surface area contributed by atoms with Crippen LogP contribution >= 0.6 is 23.2 Å². The summed E-state index contributed by atoms with van der Waals surface area (Å²) in [6.07, 6.45) is -0.743. The number of hydrogen-bond donors (Lipinski definition) is 2. The van der Waals surface area contributed by atoms with Gasteiger partial charge in [-0.2, -0.15) is 0 Å². The van der Waals surface area contributed by atoms with Crippen molar-refractivity contribution in [1.29, 1.82) is 0 Å². The van der Waals surface area contributed by atoms with E-state index in [4.69, 9.17) is 27.9 Å². The van der Waals surface area contributed by atoms with Crippen molar-refractivity contribution >= 4 is 41.0 Å². The molecule has 5 nitrogen and oxygen atoms in total. The maximum absolute atomic E-state index is 12.4. The normalized spacial score (nSPS) is 12.2. The molecule has 1 amide bonds. The van der Waals surface area contributed by atoms with Crippen molar-refractivity contribution in [2.75, 3.05) is 11.9 Å². The van der Waals surface area contributed by atoms with Crippen molar-refractivity contribution in [3.63, 3.8) is 0 Å². The van der Waals surface area contributed by atoms with Gasteiger partial charge in [0.15, 0.2) is 0 Å². The number of hydrogen-bond acceptors (Lipinski definition) is 3. The maximum Gasteiger partial charge on any atom is 0.411 e. The van der Waals surface area contributed by atoms with Gasteiger partial charge in [0.1, 0.15) is 6.61 Å². The van der Waals surface area contributed by atoms with Gasteiger partial charge in [0, 0.05) is 10.9 Å². The summed E-state index contributed by atoms with van der Waals surface area (Å²) in [5, 5.41) is 11.7. The van der Waals surface area contributed by atoms with E-state index in [1.165, 1.54) is 12.1 Å². The third-order valence-corrected chi connectivity index (χ3v) is 5.47. The van der Waals surface area contributed by atoms with E-state index in [-0.39, 0.29) is 33.8 Å². The minimum atomic E-state index is -1.24. The standard InChI is InChI=1S/C22H15Cl2NO4/c23-12-9-17(21(26)27)20(24)19(10-12)25-22(28)29-11-18-15-7-3-1-5-13(15)14-6-2-4-8-16(14)18/h1-10,18H,11H2,(H,25,28)(H,26,27). The largest absolute Gasteiger partial charge is 0.478 e. The van der Waals surface area contributed by atoms with E-state index in [0.717, 1.165) is 22.3 Å². The highest BCUT2D eigenvalue weighted by atomic mass is 35.5. The number of carboxylic acids is 1. The van der Waals surface area contributed by atoms with Crippen LogP contribution in [0.4, 0.5) is 10.5 Å². The Morgan fingerprint density at radius 1 is 0.966 bits per heavy atom. The third-order valence-electron chi connectivity index (χ3n) is 4.85. The molecule has 0 aromatic heterocycles. The molecule has 0 unspecified atom stereocenters. The summed E-state index contributed by atoms with van der Waals surface area (Å²) in [5.74, 6) is -1.33. The van der Waals surface area contributed by atoms with Crippen LogP contribution in [0.3, 0.4) is 0 Å². The van der Waals surface area contributed by atoms with Gasteiger partial charge in [-0.05, 0) is 34.4 Å². The molecule has 3 aromatic carbocycles. The zero-order valence-electron chi connectivity index (χ0n) is 15.0. The molecule has 4 rings (SSSR count). The van der Waals surface area contributed by atoms with E-state index >= 15 is 0 Å². The van der Waals surface area contributed by atoms with Gasteiger partial charge in [0.05, 0.1) is 16.3 Å². The van der Waals surface area contributed by atoms with Crippen molar-refractivity contribution in [3.8, 4) is 11.1 Å². The lowest BCUT2D eigenvalue weighted by molar-refractivity contribution is 0.0697. The van der Waals surface area contributed by atoms with Gasteiger partial charge in [-0.1, -0.05) is 71.7 Å². The van der Waals surface area contributed by atoms with Crippen LogP contribution in [0.2, 0.25) is 10.0 Å². The van der Waals surface area contributed by atoms with Gasteiger partial charge in [-0.15, -0.1) is 0 Å². The Hall–Kier alpha value is -3.02. The number of benzene rings is 3. The molecule has 0 saturated heterocycles. The highest BCUT2D eigenvalue weighted by molar-refractivity contribution is 6.38. The highest BCUT2D eigenvalue weighted by Crippen LogP contribution is 2.44. The summed E-state index contributed by atoms with van der Waals surface area (Å²) >= 11 is 12.0. The van der Waals surface area contributed by atoms with Gasteiger partial charge in [0.2, 0.25) is 0 Å². The molecule has 0 aliphatic heterocycles. The first-order chi connectivity index (χ1) is 14.0. The first kappa shape index (κ1) is 19.3. The molecule has 0 saturated carbocycles. The van der Waals surface area contributed by atoms with Crippen LogP contribution in [-0.4, -0.2) is 23.8 Å². The minimum Gasteiger partial charge on any atom is -0.478 e. The molecule has 146 valence electrons.